The first-order chi connectivity index (χ1) is 11.3. The van der Waals surface area contributed by atoms with Crippen LogP contribution in [0.2, 0.25) is 0 Å². The summed E-state index contributed by atoms with van der Waals surface area (Å²) in [6.07, 6.45) is 0.519. The van der Waals surface area contributed by atoms with Crippen LogP contribution < -0.4 is 5.32 Å². The molecule has 0 saturated carbocycles. The van der Waals surface area contributed by atoms with E-state index in [9.17, 15) is 4.79 Å². The SMILES string of the molecule is O=C(CCSc1ccccc1)NC(c1ccsc1)c1cccs1. The van der Waals surface area contributed by atoms with Gasteiger partial charge in [0.25, 0.3) is 0 Å². The van der Waals surface area contributed by atoms with Gasteiger partial charge in [-0.25, -0.2) is 0 Å². The van der Waals surface area contributed by atoms with E-state index >= 15 is 0 Å². The molecule has 1 N–H and O–H groups in total. The minimum atomic E-state index is -0.0320. The second-order valence-corrected chi connectivity index (χ2v) is 7.91. The fraction of sp³-hybridized carbons (Fsp3) is 0.167. The van der Waals surface area contributed by atoms with Gasteiger partial charge in [-0.1, -0.05) is 24.3 Å². The summed E-state index contributed by atoms with van der Waals surface area (Å²) in [7, 11) is 0. The number of rotatable bonds is 7. The lowest BCUT2D eigenvalue weighted by atomic mass is 10.1. The number of thiophene rings is 2. The lowest BCUT2D eigenvalue weighted by Crippen LogP contribution is -2.28. The Kier molecular flexibility index (Phi) is 5.91. The van der Waals surface area contributed by atoms with Crippen LogP contribution in [0.3, 0.4) is 0 Å². The zero-order chi connectivity index (χ0) is 15.9. The van der Waals surface area contributed by atoms with Gasteiger partial charge in [0.1, 0.15) is 0 Å². The number of benzene rings is 1. The maximum Gasteiger partial charge on any atom is 0.221 e. The zero-order valence-electron chi connectivity index (χ0n) is 12.5. The van der Waals surface area contributed by atoms with Gasteiger partial charge in [0.05, 0.1) is 6.04 Å². The van der Waals surface area contributed by atoms with E-state index in [0.717, 1.165) is 11.3 Å². The lowest BCUT2D eigenvalue weighted by Gasteiger charge is -2.16. The predicted octanol–water partition coefficient (Wildman–Crippen LogP) is 5.20. The van der Waals surface area contributed by atoms with E-state index in [1.165, 1.54) is 9.77 Å². The highest BCUT2D eigenvalue weighted by molar-refractivity contribution is 7.99. The molecule has 0 aliphatic carbocycles. The van der Waals surface area contributed by atoms with E-state index in [0.29, 0.717) is 6.42 Å². The molecular formula is C18H17NOS3. The monoisotopic (exact) mass is 359 g/mol. The molecule has 2 nitrogen and oxygen atoms in total. The van der Waals surface area contributed by atoms with Crippen LogP contribution in [-0.2, 0) is 4.79 Å². The van der Waals surface area contributed by atoms with E-state index in [1.54, 1.807) is 34.4 Å². The molecule has 0 aliphatic rings. The third-order valence-electron chi connectivity index (χ3n) is 3.35. The van der Waals surface area contributed by atoms with Crippen molar-refractivity contribution < 1.29 is 4.79 Å². The summed E-state index contributed by atoms with van der Waals surface area (Å²) in [5.41, 5.74) is 1.15. The van der Waals surface area contributed by atoms with E-state index in [1.807, 2.05) is 35.0 Å². The summed E-state index contributed by atoms with van der Waals surface area (Å²) in [4.78, 5) is 14.7. The number of thioether (sulfide) groups is 1. The van der Waals surface area contributed by atoms with Crippen molar-refractivity contribution in [1.82, 2.24) is 5.32 Å². The van der Waals surface area contributed by atoms with Gasteiger partial charge < -0.3 is 5.32 Å². The summed E-state index contributed by atoms with van der Waals surface area (Å²) in [5, 5.41) is 9.37. The van der Waals surface area contributed by atoms with Crippen molar-refractivity contribution in [2.45, 2.75) is 17.4 Å². The van der Waals surface area contributed by atoms with Crippen LogP contribution in [0.5, 0.6) is 0 Å². The number of nitrogens with one attached hydrogen (secondary N) is 1. The minimum absolute atomic E-state index is 0.0320. The lowest BCUT2D eigenvalue weighted by molar-refractivity contribution is -0.121. The largest absolute Gasteiger partial charge is 0.344 e. The summed E-state index contributed by atoms with van der Waals surface area (Å²) in [6, 6.07) is 16.3. The molecule has 1 atom stereocenters. The van der Waals surface area contributed by atoms with Crippen molar-refractivity contribution in [2.75, 3.05) is 5.75 Å². The van der Waals surface area contributed by atoms with Crippen LogP contribution >= 0.6 is 34.4 Å². The van der Waals surface area contributed by atoms with Crippen LogP contribution in [0, 0.1) is 0 Å². The molecule has 1 aromatic carbocycles. The average Bonchev–Trinajstić information content (AvgIpc) is 3.27. The molecule has 1 amide bonds. The normalized spacial score (nSPS) is 12.0. The van der Waals surface area contributed by atoms with Gasteiger partial charge in [0.15, 0.2) is 0 Å². The van der Waals surface area contributed by atoms with Crippen molar-refractivity contribution >= 4 is 40.3 Å². The van der Waals surface area contributed by atoms with Gasteiger partial charge in [-0.15, -0.1) is 23.1 Å². The number of hydrogen-bond donors (Lipinski definition) is 1. The third kappa shape index (κ3) is 4.70. The number of hydrogen-bond acceptors (Lipinski definition) is 4. The van der Waals surface area contributed by atoms with Gasteiger partial charge in [-0.3, -0.25) is 4.79 Å². The third-order valence-corrected chi connectivity index (χ3v) is 6.00. The Morgan fingerprint density at radius 1 is 1.09 bits per heavy atom. The van der Waals surface area contributed by atoms with Crippen molar-refractivity contribution in [2.24, 2.45) is 0 Å². The molecule has 2 aromatic heterocycles. The number of amides is 1. The van der Waals surface area contributed by atoms with Gasteiger partial charge in [0.2, 0.25) is 5.91 Å². The molecule has 5 heteroatoms. The Labute approximate surface area is 148 Å². The molecular weight excluding hydrogens is 342 g/mol. The number of carbonyl (C=O) groups is 1. The highest BCUT2D eigenvalue weighted by Gasteiger charge is 2.18. The fourth-order valence-corrected chi connectivity index (χ4v) is 4.59. The topological polar surface area (TPSA) is 29.1 Å². The molecule has 3 aromatic rings. The van der Waals surface area contributed by atoms with Crippen molar-refractivity contribution in [3.63, 3.8) is 0 Å². The van der Waals surface area contributed by atoms with Gasteiger partial charge >= 0.3 is 0 Å². The highest BCUT2D eigenvalue weighted by Crippen LogP contribution is 2.27. The molecule has 3 rings (SSSR count). The second kappa shape index (κ2) is 8.34. The zero-order valence-corrected chi connectivity index (χ0v) is 14.9. The molecule has 0 bridgehead atoms. The van der Waals surface area contributed by atoms with Crippen LogP contribution in [0.1, 0.15) is 22.9 Å². The first kappa shape index (κ1) is 16.3. The van der Waals surface area contributed by atoms with Crippen LogP contribution in [-0.4, -0.2) is 11.7 Å². The number of carbonyl (C=O) groups excluding carboxylic acids is 1. The quantitative estimate of drug-likeness (QED) is 0.588. The van der Waals surface area contributed by atoms with Gasteiger partial charge in [-0.05, 0) is 46.0 Å². The standard InChI is InChI=1S/C18H17NOS3/c20-17(9-12-22-15-5-2-1-3-6-15)19-18(14-8-11-21-13-14)16-7-4-10-23-16/h1-8,10-11,13,18H,9,12H2,(H,19,20). The Bertz CT molecular complexity index is 674. The van der Waals surface area contributed by atoms with E-state index in [2.05, 4.69) is 35.0 Å². The second-order valence-electron chi connectivity index (χ2n) is 4.98. The van der Waals surface area contributed by atoms with Crippen molar-refractivity contribution in [3.05, 3.63) is 75.1 Å². The smallest absolute Gasteiger partial charge is 0.221 e. The Balaban J connectivity index is 1.56. The fourth-order valence-electron chi connectivity index (χ4n) is 2.22. The van der Waals surface area contributed by atoms with Crippen molar-refractivity contribution in [1.29, 1.82) is 0 Å². The summed E-state index contributed by atoms with van der Waals surface area (Å²) >= 11 is 5.05. The molecule has 1 unspecified atom stereocenters. The first-order valence-corrected chi connectivity index (χ1v) is 10.2. The van der Waals surface area contributed by atoms with E-state index < -0.39 is 0 Å². The van der Waals surface area contributed by atoms with Crippen molar-refractivity contribution in [3.8, 4) is 0 Å². The summed E-state index contributed by atoms with van der Waals surface area (Å²) in [6.45, 7) is 0. The molecule has 0 spiro atoms. The van der Waals surface area contributed by atoms with Gasteiger partial charge in [0, 0.05) is 21.9 Å². The molecule has 0 radical (unpaired) electrons. The van der Waals surface area contributed by atoms with E-state index in [4.69, 9.17) is 0 Å². The molecule has 23 heavy (non-hydrogen) atoms. The van der Waals surface area contributed by atoms with Crippen LogP contribution in [0.25, 0.3) is 0 Å². The molecule has 118 valence electrons. The minimum Gasteiger partial charge on any atom is -0.344 e. The maximum atomic E-state index is 12.3. The Morgan fingerprint density at radius 2 is 1.96 bits per heavy atom. The Morgan fingerprint density at radius 3 is 2.65 bits per heavy atom. The first-order valence-electron chi connectivity index (χ1n) is 7.35. The van der Waals surface area contributed by atoms with Crippen LogP contribution in [0.4, 0.5) is 0 Å². The highest BCUT2D eigenvalue weighted by atomic mass is 32.2. The Hall–Kier alpha value is -1.56. The molecule has 2 heterocycles. The molecule has 0 aliphatic heterocycles. The molecule has 0 fully saturated rings. The van der Waals surface area contributed by atoms with Gasteiger partial charge in [-0.2, -0.15) is 11.3 Å². The maximum absolute atomic E-state index is 12.3. The van der Waals surface area contributed by atoms with Crippen LogP contribution in [0.15, 0.2) is 69.6 Å². The summed E-state index contributed by atoms with van der Waals surface area (Å²) < 4.78 is 0. The summed E-state index contributed by atoms with van der Waals surface area (Å²) in [5.74, 6) is 0.884. The van der Waals surface area contributed by atoms with E-state index in [-0.39, 0.29) is 11.9 Å². The molecule has 0 saturated heterocycles. The average molecular weight is 360 g/mol. The predicted molar refractivity (Wildman–Crippen MR) is 100 cm³/mol.